The van der Waals surface area contributed by atoms with Crippen LogP contribution in [0, 0.1) is 0 Å². The summed E-state index contributed by atoms with van der Waals surface area (Å²) in [6.45, 7) is 4.70. The van der Waals surface area contributed by atoms with Gasteiger partial charge in [-0.1, -0.05) is 44.2 Å². The summed E-state index contributed by atoms with van der Waals surface area (Å²) in [6.07, 6.45) is 0. The molecule has 0 aliphatic rings. The first-order valence-electron chi connectivity index (χ1n) is 3.71. The van der Waals surface area contributed by atoms with Gasteiger partial charge in [-0.15, -0.1) is 0 Å². The highest BCUT2D eigenvalue weighted by Crippen LogP contribution is 2.02. The van der Waals surface area contributed by atoms with Gasteiger partial charge in [0.1, 0.15) is 23.0 Å². The van der Waals surface area contributed by atoms with Gasteiger partial charge in [0.15, 0.2) is 0 Å². The van der Waals surface area contributed by atoms with Crippen LogP contribution in [-0.4, -0.2) is 0 Å². The Morgan fingerprint density at radius 3 is 2.18 bits per heavy atom. The van der Waals surface area contributed by atoms with Crippen LogP contribution in [0.5, 0.6) is 0 Å². The Morgan fingerprint density at radius 1 is 1.18 bits per heavy atom. The fourth-order valence-corrected chi connectivity index (χ4v) is 0.997. The molecule has 0 atom stereocenters. The molecule has 1 nitrogen and oxygen atoms in total. The molecule has 0 aliphatic heterocycles. The van der Waals surface area contributed by atoms with Crippen molar-refractivity contribution in [1.29, 1.82) is 0 Å². The molecule has 11 heavy (non-hydrogen) atoms. The molecular formula is C9H13IO. The van der Waals surface area contributed by atoms with Crippen molar-refractivity contribution >= 4 is 23.0 Å². The van der Waals surface area contributed by atoms with E-state index in [-0.39, 0.29) is 0 Å². The first-order valence-corrected chi connectivity index (χ1v) is 4.59. The Balaban J connectivity index is 0.000000461. The third-order valence-corrected chi connectivity index (χ3v) is 1.38. The molecule has 0 amide bonds. The maximum atomic E-state index is 4.90. The highest BCUT2D eigenvalue weighted by molar-refractivity contribution is 14.1. The van der Waals surface area contributed by atoms with Crippen molar-refractivity contribution in [2.75, 3.05) is 0 Å². The second kappa shape index (κ2) is 8.01. The summed E-state index contributed by atoms with van der Waals surface area (Å²) >= 11 is 1.89. The van der Waals surface area contributed by atoms with Gasteiger partial charge in [-0.05, 0) is 5.56 Å². The van der Waals surface area contributed by atoms with Crippen LogP contribution in [0.4, 0.5) is 0 Å². The topological polar surface area (TPSA) is 9.23 Å². The normalized spacial score (nSPS) is 8.27. The molecule has 0 heterocycles. The Labute approximate surface area is 82.5 Å². The molecule has 0 unspecified atom stereocenters. The Morgan fingerprint density at radius 2 is 1.73 bits per heavy atom. The molecular weight excluding hydrogens is 251 g/mol. The zero-order chi connectivity index (χ0) is 8.53. The van der Waals surface area contributed by atoms with E-state index in [0.29, 0.717) is 6.61 Å². The predicted molar refractivity (Wildman–Crippen MR) is 56.6 cm³/mol. The Kier molecular flexibility index (Phi) is 7.95. The van der Waals surface area contributed by atoms with Crippen LogP contribution in [-0.2, 0) is 9.67 Å². The van der Waals surface area contributed by atoms with Crippen molar-refractivity contribution in [3.8, 4) is 0 Å². The second-order valence-corrected chi connectivity index (χ2v) is 2.36. The third-order valence-electron chi connectivity index (χ3n) is 1.06. The van der Waals surface area contributed by atoms with Gasteiger partial charge in [-0.3, -0.25) is 0 Å². The lowest BCUT2D eigenvalue weighted by atomic mass is 10.2. The van der Waals surface area contributed by atoms with Crippen LogP contribution < -0.4 is 0 Å². The molecule has 62 valence electrons. The summed E-state index contributed by atoms with van der Waals surface area (Å²) in [7, 11) is 0. The van der Waals surface area contributed by atoms with E-state index in [2.05, 4.69) is 0 Å². The average Bonchev–Trinajstić information content (AvgIpc) is 2.11. The summed E-state index contributed by atoms with van der Waals surface area (Å²) in [6, 6.07) is 10.1. The minimum absolute atomic E-state index is 0.696. The quantitative estimate of drug-likeness (QED) is 0.742. The monoisotopic (exact) mass is 264 g/mol. The summed E-state index contributed by atoms with van der Waals surface area (Å²) < 4.78 is 4.90. The smallest absolute Gasteiger partial charge is 0.110 e. The fraction of sp³-hybridized carbons (Fsp3) is 0.333. The van der Waals surface area contributed by atoms with Crippen LogP contribution in [0.1, 0.15) is 19.4 Å². The number of rotatable bonds is 2. The van der Waals surface area contributed by atoms with Gasteiger partial charge in [-0.2, -0.15) is 0 Å². The van der Waals surface area contributed by atoms with Gasteiger partial charge < -0.3 is 3.07 Å². The third kappa shape index (κ3) is 5.21. The lowest BCUT2D eigenvalue weighted by Crippen LogP contribution is -1.79. The molecule has 0 saturated heterocycles. The molecule has 0 aliphatic carbocycles. The fourth-order valence-electron chi connectivity index (χ4n) is 0.637. The van der Waals surface area contributed by atoms with Gasteiger partial charge >= 0.3 is 0 Å². The van der Waals surface area contributed by atoms with Crippen molar-refractivity contribution in [3.05, 3.63) is 35.9 Å². The van der Waals surface area contributed by atoms with Gasteiger partial charge in [0.25, 0.3) is 0 Å². The molecule has 1 aromatic carbocycles. The van der Waals surface area contributed by atoms with E-state index in [1.54, 1.807) is 0 Å². The highest BCUT2D eigenvalue weighted by atomic mass is 127. The van der Waals surface area contributed by atoms with Crippen LogP contribution in [0.15, 0.2) is 30.3 Å². The van der Waals surface area contributed by atoms with Crippen LogP contribution in [0.25, 0.3) is 0 Å². The summed E-state index contributed by atoms with van der Waals surface area (Å²) in [5.74, 6) is 0. The van der Waals surface area contributed by atoms with E-state index in [1.807, 2.05) is 67.2 Å². The SMILES string of the molecule is CC.IOCc1ccccc1. The number of halogens is 1. The molecule has 0 fully saturated rings. The number of hydrogen-bond acceptors (Lipinski definition) is 1. The van der Waals surface area contributed by atoms with Crippen molar-refractivity contribution in [2.24, 2.45) is 0 Å². The van der Waals surface area contributed by atoms with E-state index < -0.39 is 0 Å². The van der Waals surface area contributed by atoms with E-state index >= 15 is 0 Å². The number of benzene rings is 1. The van der Waals surface area contributed by atoms with Crippen molar-refractivity contribution in [2.45, 2.75) is 20.5 Å². The molecule has 0 radical (unpaired) electrons. The minimum Gasteiger partial charge on any atom is -0.311 e. The lowest BCUT2D eigenvalue weighted by molar-refractivity contribution is 0.418. The molecule has 0 saturated carbocycles. The number of hydrogen-bond donors (Lipinski definition) is 0. The zero-order valence-electron chi connectivity index (χ0n) is 6.88. The van der Waals surface area contributed by atoms with Crippen LogP contribution >= 0.6 is 23.0 Å². The van der Waals surface area contributed by atoms with Gasteiger partial charge in [0, 0.05) is 0 Å². The summed E-state index contributed by atoms with van der Waals surface area (Å²) in [4.78, 5) is 0. The molecule has 1 rings (SSSR count). The van der Waals surface area contributed by atoms with Crippen LogP contribution in [0.2, 0.25) is 0 Å². The maximum Gasteiger partial charge on any atom is 0.110 e. The van der Waals surface area contributed by atoms with Gasteiger partial charge in [0.2, 0.25) is 0 Å². The van der Waals surface area contributed by atoms with Gasteiger partial charge in [-0.25, -0.2) is 0 Å². The van der Waals surface area contributed by atoms with E-state index in [0.717, 1.165) is 0 Å². The standard InChI is InChI=1S/C7H7IO.C2H6/c8-9-6-7-4-2-1-3-5-7;1-2/h1-5H,6H2;1-2H3. The molecule has 1 aromatic rings. The van der Waals surface area contributed by atoms with E-state index in [9.17, 15) is 0 Å². The zero-order valence-corrected chi connectivity index (χ0v) is 9.04. The first kappa shape index (κ1) is 10.9. The summed E-state index contributed by atoms with van der Waals surface area (Å²) in [5, 5.41) is 0. The predicted octanol–water partition coefficient (Wildman–Crippen LogP) is 3.58. The lowest BCUT2D eigenvalue weighted by Gasteiger charge is -1.93. The average molecular weight is 264 g/mol. The Bertz CT molecular complexity index is 162. The molecule has 2 heteroatoms. The largest absolute Gasteiger partial charge is 0.311 e. The second-order valence-electron chi connectivity index (χ2n) is 1.74. The van der Waals surface area contributed by atoms with E-state index in [4.69, 9.17) is 3.07 Å². The van der Waals surface area contributed by atoms with Crippen molar-refractivity contribution < 1.29 is 3.07 Å². The van der Waals surface area contributed by atoms with E-state index in [1.165, 1.54) is 5.56 Å². The van der Waals surface area contributed by atoms with Crippen molar-refractivity contribution in [3.63, 3.8) is 0 Å². The molecule has 0 bridgehead atoms. The van der Waals surface area contributed by atoms with Crippen LogP contribution in [0.3, 0.4) is 0 Å². The van der Waals surface area contributed by atoms with Gasteiger partial charge in [0.05, 0.1) is 6.61 Å². The molecule has 0 aromatic heterocycles. The first-order chi connectivity index (χ1) is 5.43. The highest BCUT2D eigenvalue weighted by Gasteiger charge is 1.85. The maximum absolute atomic E-state index is 4.90. The summed E-state index contributed by atoms with van der Waals surface area (Å²) in [5.41, 5.74) is 1.21. The molecule has 0 spiro atoms. The Hall–Kier alpha value is -0.0900. The van der Waals surface area contributed by atoms with Crippen molar-refractivity contribution in [1.82, 2.24) is 0 Å². The minimum atomic E-state index is 0.696. The molecule has 0 N–H and O–H groups in total.